The van der Waals surface area contributed by atoms with Crippen LogP contribution in [0.15, 0.2) is 59.9 Å². The van der Waals surface area contributed by atoms with Gasteiger partial charge in [-0.1, -0.05) is 36.4 Å². The van der Waals surface area contributed by atoms with E-state index in [1.54, 1.807) is 0 Å². The van der Waals surface area contributed by atoms with Gasteiger partial charge in [-0.2, -0.15) is 0 Å². The zero-order valence-electron chi connectivity index (χ0n) is 11.4. The Bertz CT molecular complexity index is 568. The van der Waals surface area contributed by atoms with E-state index in [1.165, 1.54) is 16.1 Å². The van der Waals surface area contributed by atoms with Crippen LogP contribution in [0.25, 0.3) is 21.8 Å². The van der Waals surface area contributed by atoms with Crippen LogP contribution < -0.4 is 37.1 Å². The molecule has 1 aromatic heterocycles. The van der Waals surface area contributed by atoms with Crippen LogP contribution in [0.1, 0.15) is 0 Å². The normalized spacial score (nSPS) is 7.45. The molecule has 0 spiro atoms. The molecule has 6 nitrogen and oxygen atoms in total. The Kier molecular flexibility index (Phi) is 19.2. The molecule has 0 amide bonds. The largest absolute Gasteiger partial charge is 4.00 e. The van der Waals surface area contributed by atoms with Crippen LogP contribution in [0.2, 0.25) is 0 Å². The van der Waals surface area contributed by atoms with Gasteiger partial charge in [-0.05, 0) is 18.2 Å². The maximum absolute atomic E-state index is 8.11. The second kappa shape index (κ2) is 14.6. The summed E-state index contributed by atoms with van der Waals surface area (Å²) in [4.78, 5) is 12.7. The number of para-hydroxylation sites is 2. The summed E-state index contributed by atoms with van der Waals surface area (Å²) in [5, 5.41) is 10.3. The van der Waals surface area contributed by atoms with Gasteiger partial charge in [0.15, 0.2) is 5.34 Å². The number of nitrogens with zero attached hydrogens (tertiary/aromatic N) is 2. The minimum Gasteiger partial charge on any atom is -1.00 e. The third-order valence-corrected chi connectivity index (χ3v) is 2.43. The van der Waals surface area contributed by atoms with Crippen molar-refractivity contribution in [3.8, 4) is 0 Å². The van der Waals surface area contributed by atoms with E-state index in [-0.39, 0.29) is 58.2 Å². The minimum absolute atomic E-state index is 0. The summed E-state index contributed by atoms with van der Waals surface area (Å²) in [5.41, 5.74) is 2.12. The second-order valence-electron chi connectivity index (χ2n) is 3.46. The molecule has 7 N–H and O–H groups in total. The molecule has 122 valence electrons. The van der Waals surface area contributed by atoms with Crippen molar-refractivity contribution in [2.24, 2.45) is 5.34 Å². The van der Waals surface area contributed by atoms with E-state index >= 15 is 0 Å². The van der Waals surface area contributed by atoms with Crippen LogP contribution in [-0.4, -0.2) is 10.2 Å². The Hall–Kier alpha value is -1.30. The Labute approximate surface area is 154 Å². The maximum atomic E-state index is 8.11. The smallest absolute Gasteiger partial charge is 1.00 e. The first kappa shape index (κ1) is 28.8. The molecular formula is C13H16Cl2N4O2Pt+2. The molecule has 9 heteroatoms. The van der Waals surface area contributed by atoms with Crippen LogP contribution in [0.3, 0.4) is 0 Å². The molecule has 3 rings (SSSR count). The molecule has 0 saturated carbocycles. The zero-order valence-corrected chi connectivity index (χ0v) is 15.2. The minimum atomic E-state index is 0. The van der Waals surface area contributed by atoms with E-state index in [2.05, 4.69) is 23.2 Å². The first-order valence-electron chi connectivity index (χ1n) is 5.06. The number of aromatic nitrogens is 1. The molecular weight excluding hydrogens is 510 g/mol. The summed E-state index contributed by atoms with van der Waals surface area (Å²) in [5.74, 6) is 0. The van der Waals surface area contributed by atoms with Crippen molar-refractivity contribution in [1.29, 1.82) is 0 Å². The standard InChI is InChI=1S/C13H9N.2ClH.HNO2.2H3N.Pt/c1-3-7-12-10(5-1)9-11-6-2-4-8-13(11)14-12;;;2-1-3;;;/h1-9H;2*1H;(H,2,3);2*1H3;/q;;;;;;+4/p-2. The summed E-state index contributed by atoms with van der Waals surface area (Å²) in [6.07, 6.45) is 0. The first-order valence-corrected chi connectivity index (χ1v) is 5.06. The van der Waals surface area contributed by atoms with E-state index in [0.29, 0.717) is 0 Å². The second-order valence-corrected chi connectivity index (χ2v) is 3.46. The summed E-state index contributed by atoms with van der Waals surface area (Å²) < 4.78 is 0. The summed E-state index contributed by atoms with van der Waals surface area (Å²) in [6.45, 7) is 0. The van der Waals surface area contributed by atoms with Crippen molar-refractivity contribution in [3.63, 3.8) is 0 Å². The Morgan fingerprint density at radius 3 is 1.50 bits per heavy atom. The summed E-state index contributed by atoms with van der Waals surface area (Å²) in [6, 6.07) is 18.6. The Morgan fingerprint density at radius 1 is 0.818 bits per heavy atom. The van der Waals surface area contributed by atoms with Crippen LogP contribution in [0, 0.1) is 4.91 Å². The van der Waals surface area contributed by atoms with Gasteiger partial charge in [-0.25, -0.2) is 4.98 Å². The fourth-order valence-electron chi connectivity index (χ4n) is 1.72. The molecule has 0 radical (unpaired) electrons. The van der Waals surface area contributed by atoms with E-state index in [0.717, 1.165) is 11.0 Å². The monoisotopic (exact) mass is 525 g/mol. The predicted molar refractivity (Wildman–Crippen MR) is 76.9 cm³/mol. The van der Waals surface area contributed by atoms with Gasteiger partial charge >= 0.3 is 21.1 Å². The van der Waals surface area contributed by atoms with Gasteiger partial charge in [0, 0.05) is 10.8 Å². The number of pyridine rings is 1. The van der Waals surface area contributed by atoms with E-state index in [4.69, 9.17) is 10.1 Å². The SMILES string of the molecule is N.N.O=NO.[Cl-].[Cl-].[Pt+4].c1ccc2nc3ccccc3cc2c1. The van der Waals surface area contributed by atoms with Gasteiger partial charge in [0.2, 0.25) is 0 Å². The molecule has 2 aromatic carbocycles. The predicted octanol–water partition coefficient (Wildman–Crippen LogP) is -2.14. The Morgan fingerprint density at radius 2 is 1.14 bits per heavy atom. The average molecular weight is 526 g/mol. The van der Waals surface area contributed by atoms with Crippen molar-refractivity contribution >= 4 is 21.8 Å². The van der Waals surface area contributed by atoms with Crippen LogP contribution in [0.4, 0.5) is 0 Å². The van der Waals surface area contributed by atoms with Crippen molar-refractivity contribution < 1.29 is 51.1 Å². The van der Waals surface area contributed by atoms with Gasteiger partial charge in [0.25, 0.3) is 0 Å². The molecule has 22 heavy (non-hydrogen) atoms. The van der Waals surface area contributed by atoms with Gasteiger partial charge < -0.3 is 42.3 Å². The molecule has 0 fully saturated rings. The van der Waals surface area contributed by atoms with Crippen molar-refractivity contribution in [2.75, 3.05) is 0 Å². The number of fused-ring (bicyclic) bond motifs is 2. The molecule has 0 atom stereocenters. The van der Waals surface area contributed by atoms with Crippen molar-refractivity contribution in [3.05, 3.63) is 59.5 Å². The molecule has 0 unspecified atom stereocenters. The van der Waals surface area contributed by atoms with E-state index in [1.807, 2.05) is 36.4 Å². The summed E-state index contributed by atoms with van der Waals surface area (Å²) in [7, 11) is 0. The third kappa shape index (κ3) is 7.11. The quantitative estimate of drug-likeness (QED) is 0.175. The van der Waals surface area contributed by atoms with Gasteiger partial charge in [0.1, 0.15) is 0 Å². The van der Waals surface area contributed by atoms with E-state index in [9.17, 15) is 0 Å². The Balaban J connectivity index is -0.000000189. The molecule has 1 heterocycles. The zero-order chi connectivity index (χ0) is 12.1. The van der Waals surface area contributed by atoms with Gasteiger partial charge in [-0.15, -0.1) is 4.91 Å². The molecule has 0 aliphatic carbocycles. The maximum Gasteiger partial charge on any atom is 4.00 e. The topological polar surface area (TPSA) is 133 Å². The summed E-state index contributed by atoms with van der Waals surface area (Å²) >= 11 is 0. The van der Waals surface area contributed by atoms with Crippen LogP contribution >= 0.6 is 0 Å². The number of hydrogen-bond acceptors (Lipinski definition) is 5. The third-order valence-electron chi connectivity index (χ3n) is 2.43. The average Bonchev–Trinajstić information content (AvgIpc) is 2.37. The van der Waals surface area contributed by atoms with Crippen molar-refractivity contribution in [1.82, 2.24) is 17.3 Å². The van der Waals surface area contributed by atoms with Crippen LogP contribution in [-0.2, 0) is 21.1 Å². The molecule has 0 aliphatic heterocycles. The molecule has 3 aromatic rings. The molecule has 0 bridgehead atoms. The fourth-order valence-corrected chi connectivity index (χ4v) is 1.72. The fraction of sp³-hybridized carbons (Fsp3) is 0. The van der Waals surface area contributed by atoms with E-state index < -0.39 is 0 Å². The van der Waals surface area contributed by atoms with Gasteiger partial charge in [0.05, 0.1) is 11.0 Å². The number of hydrogen-bond donors (Lipinski definition) is 3. The molecule has 0 aliphatic rings. The van der Waals surface area contributed by atoms with Crippen molar-refractivity contribution in [2.45, 2.75) is 0 Å². The first-order chi connectivity index (χ1) is 8.35. The number of benzene rings is 2. The van der Waals surface area contributed by atoms with Crippen LogP contribution in [0.5, 0.6) is 0 Å². The number of halogens is 2. The molecule has 0 saturated heterocycles. The van der Waals surface area contributed by atoms with Gasteiger partial charge in [-0.3, -0.25) is 0 Å². The number of rotatable bonds is 0.